The maximum atomic E-state index is 12.1. The Kier molecular flexibility index (Phi) is 8.40. The maximum absolute atomic E-state index is 12.1. The molecule has 0 aromatic heterocycles. The fraction of sp³-hybridized carbons (Fsp3) is 0.348. The lowest BCUT2D eigenvalue weighted by molar-refractivity contribution is -0.150. The normalized spacial score (nSPS) is 11.4. The van der Waals surface area contributed by atoms with E-state index in [0.717, 1.165) is 17.5 Å². The summed E-state index contributed by atoms with van der Waals surface area (Å²) in [6.45, 7) is 5.09. The molecule has 0 fully saturated rings. The summed E-state index contributed by atoms with van der Waals surface area (Å²) in [4.78, 5) is 35.5. The molecule has 0 aliphatic heterocycles. The van der Waals surface area contributed by atoms with Crippen molar-refractivity contribution in [3.63, 3.8) is 0 Å². The van der Waals surface area contributed by atoms with Crippen LogP contribution >= 0.6 is 0 Å². The average molecular weight is 397 g/mol. The summed E-state index contributed by atoms with van der Waals surface area (Å²) in [7, 11) is 0. The Labute approximate surface area is 171 Å². The van der Waals surface area contributed by atoms with E-state index in [0.29, 0.717) is 17.7 Å². The van der Waals surface area contributed by atoms with Crippen LogP contribution in [0, 0.1) is 6.92 Å². The van der Waals surface area contributed by atoms with E-state index in [1.165, 1.54) is 0 Å². The molecule has 2 aromatic carbocycles. The van der Waals surface area contributed by atoms with Gasteiger partial charge in [0.25, 0.3) is 5.91 Å². The SMILES string of the molecule is CCC(=O)c1ccc(OCC(=O)OCC(=O)N[C@H](CC)c2ccc(C)cc2)cc1. The highest BCUT2D eigenvalue weighted by molar-refractivity contribution is 5.95. The number of ether oxygens (including phenoxy) is 2. The van der Waals surface area contributed by atoms with Crippen molar-refractivity contribution >= 4 is 17.7 Å². The van der Waals surface area contributed by atoms with Crippen molar-refractivity contribution in [2.24, 2.45) is 0 Å². The minimum Gasteiger partial charge on any atom is -0.482 e. The second kappa shape index (κ2) is 11.0. The number of hydrogen-bond acceptors (Lipinski definition) is 5. The lowest BCUT2D eigenvalue weighted by Gasteiger charge is -2.17. The molecule has 0 heterocycles. The number of Topliss-reactive ketones (excluding diaryl/α,β-unsaturated/α-hetero) is 1. The van der Waals surface area contributed by atoms with Gasteiger partial charge in [-0.05, 0) is 43.2 Å². The lowest BCUT2D eigenvalue weighted by atomic mass is 10.0. The van der Waals surface area contributed by atoms with Crippen LogP contribution in [-0.4, -0.2) is 30.9 Å². The Hall–Kier alpha value is -3.15. The van der Waals surface area contributed by atoms with Crippen LogP contribution in [0.25, 0.3) is 0 Å². The molecule has 0 aliphatic rings. The van der Waals surface area contributed by atoms with Crippen LogP contribution in [-0.2, 0) is 14.3 Å². The minimum atomic E-state index is -0.641. The minimum absolute atomic E-state index is 0.0398. The molecule has 6 heteroatoms. The van der Waals surface area contributed by atoms with Crippen molar-refractivity contribution in [3.8, 4) is 5.75 Å². The number of esters is 1. The highest BCUT2D eigenvalue weighted by Crippen LogP contribution is 2.17. The summed E-state index contributed by atoms with van der Waals surface area (Å²) >= 11 is 0. The van der Waals surface area contributed by atoms with Gasteiger partial charge in [-0.25, -0.2) is 4.79 Å². The van der Waals surface area contributed by atoms with E-state index in [-0.39, 0.29) is 30.9 Å². The second-order valence-corrected chi connectivity index (χ2v) is 6.69. The zero-order chi connectivity index (χ0) is 21.2. The number of aryl methyl sites for hydroxylation is 1. The van der Waals surface area contributed by atoms with Crippen molar-refractivity contribution in [1.29, 1.82) is 0 Å². The fourth-order valence-electron chi connectivity index (χ4n) is 2.73. The van der Waals surface area contributed by atoms with Crippen LogP contribution in [0.15, 0.2) is 48.5 Å². The highest BCUT2D eigenvalue weighted by Gasteiger charge is 2.14. The van der Waals surface area contributed by atoms with Gasteiger partial charge in [-0.3, -0.25) is 9.59 Å². The van der Waals surface area contributed by atoms with E-state index in [4.69, 9.17) is 9.47 Å². The number of hydrogen-bond donors (Lipinski definition) is 1. The van der Waals surface area contributed by atoms with Gasteiger partial charge in [-0.2, -0.15) is 0 Å². The van der Waals surface area contributed by atoms with Crippen LogP contribution in [0.4, 0.5) is 0 Å². The first-order chi connectivity index (χ1) is 13.9. The van der Waals surface area contributed by atoms with Crippen LogP contribution in [0.2, 0.25) is 0 Å². The summed E-state index contributed by atoms with van der Waals surface area (Å²) in [5.74, 6) is -0.520. The van der Waals surface area contributed by atoms with Gasteiger partial charge in [0.05, 0.1) is 6.04 Å². The predicted octanol–water partition coefficient (Wildman–Crippen LogP) is 3.78. The third kappa shape index (κ3) is 7.07. The molecule has 29 heavy (non-hydrogen) atoms. The zero-order valence-corrected chi connectivity index (χ0v) is 17.1. The molecule has 1 atom stereocenters. The standard InChI is InChI=1S/C23H27NO5/c1-4-20(17-8-6-16(3)7-9-17)24-22(26)14-29-23(27)15-28-19-12-10-18(11-13-19)21(25)5-2/h6-13,20H,4-5,14-15H2,1-3H3,(H,24,26)/t20-/m1/s1. The van der Waals surface area contributed by atoms with E-state index in [2.05, 4.69) is 5.32 Å². The van der Waals surface area contributed by atoms with Gasteiger partial charge >= 0.3 is 5.97 Å². The number of rotatable bonds is 10. The molecule has 0 aliphatic carbocycles. The molecule has 154 valence electrons. The zero-order valence-electron chi connectivity index (χ0n) is 17.1. The number of carbonyl (C=O) groups excluding carboxylic acids is 3. The van der Waals surface area contributed by atoms with Gasteiger partial charge in [0.2, 0.25) is 0 Å². The third-order valence-corrected chi connectivity index (χ3v) is 4.44. The number of nitrogens with one attached hydrogen (secondary N) is 1. The van der Waals surface area contributed by atoms with Gasteiger partial charge < -0.3 is 14.8 Å². The number of amides is 1. The van der Waals surface area contributed by atoms with Crippen LogP contribution in [0.5, 0.6) is 5.75 Å². The Bertz CT molecular complexity index is 827. The topological polar surface area (TPSA) is 81.7 Å². The summed E-state index contributed by atoms with van der Waals surface area (Å²) in [6, 6.07) is 14.3. The molecule has 0 saturated carbocycles. The van der Waals surface area contributed by atoms with E-state index >= 15 is 0 Å². The van der Waals surface area contributed by atoms with Crippen LogP contribution in [0.3, 0.4) is 0 Å². The van der Waals surface area contributed by atoms with Gasteiger partial charge in [-0.15, -0.1) is 0 Å². The van der Waals surface area contributed by atoms with E-state index < -0.39 is 5.97 Å². The third-order valence-electron chi connectivity index (χ3n) is 4.44. The fourth-order valence-corrected chi connectivity index (χ4v) is 2.73. The molecule has 1 amide bonds. The Morgan fingerprint density at radius 1 is 0.931 bits per heavy atom. The molecule has 0 radical (unpaired) electrons. The second-order valence-electron chi connectivity index (χ2n) is 6.69. The Balaban J connectivity index is 1.75. The van der Waals surface area contributed by atoms with Crippen molar-refractivity contribution in [2.75, 3.05) is 13.2 Å². The predicted molar refractivity (Wildman–Crippen MR) is 110 cm³/mol. The van der Waals surface area contributed by atoms with Crippen molar-refractivity contribution < 1.29 is 23.9 Å². The smallest absolute Gasteiger partial charge is 0.344 e. The molecule has 2 rings (SSSR count). The summed E-state index contributed by atoms with van der Waals surface area (Å²) in [5.41, 5.74) is 2.75. The highest BCUT2D eigenvalue weighted by atomic mass is 16.6. The first-order valence-corrected chi connectivity index (χ1v) is 9.70. The van der Waals surface area contributed by atoms with E-state index in [1.54, 1.807) is 31.2 Å². The molecule has 1 N–H and O–H groups in total. The van der Waals surface area contributed by atoms with Crippen molar-refractivity contribution in [2.45, 2.75) is 39.7 Å². The Morgan fingerprint density at radius 3 is 2.17 bits per heavy atom. The average Bonchev–Trinajstić information content (AvgIpc) is 2.75. The van der Waals surface area contributed by atoms with Crippen molar-refractivity contribution in [3.05, 3.63) is 65.2 Å². The summed E-state index contributed by atoms with van der Waals surface area (Å²) in [6.07, 6.45) is 1.15. The lowest BCUT2D eigenvalue weighted by Crippen LogP contribution is -2.32. The first kappa shape index (κ1) is 22.1. The Morgan fingerprint density at radius 2 is 1.59 bits per heavy atom. The first-order valence-electron chi connectivity index (χ1n) is 9.70. The summed E-state index contributed by atoms with van der Waals surface area (Å²) < 4.78 is 10.3. The van der Waals surface area contributed by atoms with Crippen LogP contribution in [0.1, 0.15) is 54.2 Å². The number of ketones is 1. The van der Waals surface area contributed by atoms with Gasteiger partial charge in [0.1, 0.15) is 5.75 Å². The molecule has 0 saturated heterocycles. The molecular formula is C23H27NO5. The molecular weight excluding hydrogens is 370 g/mol. The van der Waals surface area contributed by atoms with Crippen LogP contribution < -0.4 is 10.1 Å². The monoisotopic (exact) mass is 397 g/mol. The van der Waals surface area contributed by atoms with Gasteiger partial charge in [0.15, 0.2) is 19.0 Å². The van der Waals surface area contributed by atoms with E-state index in [1.807, 2.05) is 38.1 Å². The van der Waals surface area contributed by atoms with E-state index in [9.17, 15) is 14.4 Å². The summed E-state index contributed by atoms with van der Waals surface area (Å²) in [5, 5.41) is 2.87. The number of benzene rings is 2. The largest absolute Gasteiger partial charge is 0.482 e. The molecule has 0 spiro atoms. The molecule has 6 nitrogen and oxygen atoms in total. The maximum Gasteiger partial charge on any atom is 0.344 e. The molecule has 0 unspecified atom stereocenters. The van der Waals surface area contributed by atoms with Gasteiger partial charge in [0, 0.05) is 12.0 Å². The molecule has 0 bridgehead atoms. The number of carbonyl (C=O) groups is 3. The van der Waals surface area contributed by atoms with Gasteiger partial charge in [-0.1, -0.05) is 43.7 Å². The van der Waals surface area contributed by atoms with Crippen molar-refractivity contribution in [1.82, 2.24) is 5.32 Å². The molecule has 2 aromatic rings. The quantitative estimate of drug-likeness (QED) is 0.487.